The lowest BCUT2D eigenvalue weighted by molar-refractivity contribution is -0.130. The van der Waals surface area contributed by atoms with Crippen molar-refractivity contribution in [2.24, 2.45) is 5.92 Å². The molecule has 1 atom stereocenters. The number of nitrogens with one attached hydrogen (secondary N) is 1. The Hall–Kier alpha value is -1.43. The second-order valence-electron chi connectivity index (χ2n) is 4.89. The number of amides is 2. The lowest BCUT2D eigenvalue weighted by Crippen LogP contribution is -2.41. The van der Waals surface area contributed by atoms with Crippen LogP contribution < -0.4 is 5.32 Å². The maximum Gasteiger partial charge on any atom is 0.219 e. The number of rotatable bonds is 3. The molecule has 1 aromatic rings. The Balaban J connectivity index is 2.04. The third-order valence-corrected chi connectivity index (χ3v) is 4.39. The standard InChI is InChI=1S/C13H19N3O2S/c1-9(17)15-12(13-14-5-8-19-13)11-3-6-16(7-4-11)10(2)18/h5,8,11-12H,3-4,6-7H2,1-2H3,(H,15,17). The van der Waals surface area contributed by atoms with E-state index in [1.54, 1.807) is 24.5 Å². The molecule has 0 spiro atoms. The average molecular weight is 281 g/mol. The Morgan fingerprint density at radius 2 is 2.11 bits per heavy atom. The average Bonchev–Trinajstić information content (AvgIpc) is 2.89. The molecule has 1 saturated heterocycles. The first-order chi connectivity index (χ1) is 9.08. The van der Waals surface area contributed by atoms with E-state index in [0.29, 0.717) is 5.92 Å². The maximum atomic E-state index is 11.4. The third-order valence-electron chi connectivity index (χ3n) is 3.53. The fraction of sp³-hybridized carbons (Fsp3) is 0.615. The molecule has 19 heavy (non-hydrogen) atoms. The highest BCUT2D eigenvalue weighted by Gasteiger charge is 2.30. The van der Waals surface area contributed by atoms with Gasteiger partial charge in [-0.05, 0) is 18.8 Å². The van der Waals surface area contributed by atoms with Crippen molar-refractivity contribution < 1.29 is 9.59 Å². The zero-order chi connectivity index (χ0) is 13.8. The molecule has 0 radical (unpaired) electrons. The molecule has 1 aliphatic heterocycles. The van der Waals surface area contributed by atoms with Gasteiger partial charge in [0.15, 0.2) is 0 Å². The minimum Gasteiger partial charge on any atom is -0.347 e. The zero-order valence-corrected chi connectivity index (χ0v) is 12.1. The van der Waals surface area contributed by atoms with Crippen LogP contribution in [0, 0.1) is 5.92 Å². The Labute approximate surface area is 117 Å². The first kappa shape index (κ1) is 14.0. The minimum atomic E-state index is -0.0332. The van der Waals surface area contributed by atoms with Gasteiger partial charge in [0.2, 0.25) is 11.8 Å². The van der Waals surface area contributed by atoms with Crippen LogP contribution in [0.15, 0.2) is 11.6 Å². The van der Waals surface area contributed by atoms with E-state index in [1.807, 2.05) is 10.3 Å². The van der Waals surface area contributed by atoms with E-state index in [9.17, 15) is 9.59 Å². The molecule has 0 bridgehead atoms. The number of carbonyl (C=O) groups is 2. The molecule has 2 heterocycles. The summed E-state index contributed by atoms with van der Waals surface area (Å²) in [6, 6.07) is -0.0217. The largest absolute Gasteiger partial charge is 0.347 e. The smallest absolute Gasteiger partial charge is 0.219 e. The van der Waals surface area contributed by atoms with Crippen LogP contribution >= 0.6 is 11.3 Å². The highest BCUT2D eigenvalue weighted by molar-refractivity contribution is 7.09. The van der Waals surface area contributed by atoms with E-state index >= 15 is 0 Å². The Morgan fingerprint density at radius 1 is 1.42 bits per heavy atom. The van der Waals surface area contributed by atoms with Gasteiger partial charge in [-0.25, -0.2) is 4.98 Å². The molecule has 0 saturated carbocycles. The van der Waals surface area contributed by atoms with E-state index in [-0.39, 0.29) is 17.9 Å². The van der Waals surface area contributed by atoms with Crippen LogP contribution in [0.25, 0.3) is 0 Å². The van der Waals surface area contributed by atoms with Gasteiger partial charge in [0, 0.05) is 38.5 Å². The number of hydrogen-bond donors (Lipinski definition) is 1. The number of carbonyl (C=O) groups excluding carboxylic acids is 2. The minimum absolute atomic E-state index is 0.0217. The highest BCUT2D eigenvalue weighted by Crippen LogP contribution is 2.31. The summed E-state index contributed by atoms with van der Waals surface area (Å²) in [6.45, 7) is 4.67. The summed E-state index contributed by atoms with van der Waals surface area (Å²) < 4.78 is 0. The third kappa shape index (κ3) is 3.53. The topological polar surface area (TPSA) is 62.3 Å². The van der Waals surface area contributed by atoms with Crippen molar-refractivity contribution in [2.45, 2.75) is 32.7 Å². The molecule has 1 aromatic heterocycles. The van der Waals surface area contributed by atoms with E-state index in [4.69, 9.17) is 0 Å². The van der Waals surface area contributed by atoms with Crippen LogP contribution in [-0.2, 0) is 9.59 Å². The Morgan fingerprint density at radius 3 is 2.58 bits per heavy atom. The number of hydrogen-bond acceptors (Lipinski definition) is 4. The van der Waals surface area contributed by atoms with Crippen molar-refractivity contribution in [3.05, 3.63) is 16.6 Å². The molecule has 1 N–H and O–H groups in total. The second-order valence-corrected chi connectivity index (χ2v) is 5.82. The molecular formula is C13H19N3O2S. The normalized spacial score (nSPS) is 18.1. The molecule has 5 nitrogen and oxygen atoms in total. The van der Waals surface area contributed by atoms with Gasteiger partial charge in [0.25, 0.3) is 0 Å². The predicted molar refractivity (Wildman–Crippen MR) is 73.6 cm³/mol. The van der Waals surface area contributed by atoms with Crippen LogP contribution in [0.4, 0.5) is 0 Å². The molecule has 2 rings (SSSR count). The van der Waals surface area contributed by atoms with E-state index in [0.717, 1.165) is 30.9 Å². The zero-order valence-electron chi connectivity index (χ0n) is 11.3. The summed E-state index contributed by atoms with van der Waals surface area (Å²) in [4.78, 5) is 28.9. The summed E-state index contributed by atoms with van der Waals surface area (Å²) >= 11 is 1.57. The summed E-state index contributed by atoms with van der Waals surface area (Å²) in [5.74, 6) is 0.448. The number of nitrogens with zero attached hydrogens (tertiary/aromatic N) is 2. The van der Waals surface area contributed by atoms with E-state index in [2.05, 4.69) is 10.3 Å². The van der Waals surface area contributed by atoms with Gasteiger partial charge in [-0.3, -0.25) is 9.59 Å². The molecular weight excluding hydrogens is 262 g/mol. The van der Waals surface area contributed by atoms with E-state index < -0.39 is 0 Å². The van der Waals surface area contributed by atoms with Crippen LogP contribution in [-0.4, -0.2) is 34.8 Å². The highest BCUT2D eigenvalue weighted by atomic mass is 32.1. The van der Waals surface area contributed by atoms with Crippen molar-refractivity contribution in [3.8, 4) is 0 Å². The number of aromatic nitrogens is 1. The molecule has 1 aliphatic rings. The van der Waals surface area contributed by atoms with Crippen LogP contribution in [0.5, 0.6) is 0 Å². The predicted octanol–water partition coefficient (Wildman–Crippen LogP) is 1.58. The number of thiazole rings is 1. The fourth-order valence-electron chi connectivity index (χ4n) is 2.54. The van der Waals surface area contributed by atoms with Crippen molar-refractivity contribution in [1.29, 1.82) is 0 Å². The number of likely N-dealkylation sites (tertiary alicyclic amines) is 1. The number of piperidine rings is 1. The SMILES string of the molecule is CC(=O)NC(c1nccs1)C1CCN(C(C)=O)CC1. The van der Waals surface area contributed by atoms with Crippen molar-refractivity contribution in [1.82, 2.24) is 15.2 Å². The van der Waals surface area contributed by atoms with Gasteiger partial charge in [0.1, 0.15) is 5.01 Å². The molecule has 104 valence electrons. The van der Waals surface area contributed by atoms with Gasteiger partial charge in [-0.15, -0.1) is 11.3 Å². The van der Waals surface area contributed by atoms with Gasteiger partial charge in [0.05, 0.1) is 6.04 Å². The lowest BCUT2D eigenvalue weighted by atomic mass is 9.89. The summed E-state index contributed by atoms with van der Waals surface area (Å²) in [5.41, 5.74) is 0. The molecule has 0 aromatic carbocycles. The Bertz CT molecular complexity index is 439. The van der Waals surface area contributed by atoms with Gasteiger partial charge in [-0.1, -0.05) is 0 Å². The fourth-order valence-corrected chi connectivity index (χ4v) is 3.32. The lowest BCUT2D eigenvalue weighted by Gasteiger charge is -2.35. The molecule has 2 amide bonds. The Kier molecular flexibility index (Phi) is 4.52. The summed E-state index contributed by atoms with van der Waals surface area (Å²) in [7, 11) is 0. The van der Waals surface area contributed by atoms with Crippen molar-refractivity contribution in [2.75, 3.05) is 13.1 Å². The molecule has 1 fully saturated rings. The first-order valence-electron chi connectivity index (χ1n) is 6.50. The quantitative estimate of drug-likeness (QED) is 0.915. The van der Waals surface area contributed by atoms with Gasteiger partial charge < -0.3 is 10.2 Å². The molecule has 1 unspecified atom stereocenters. The molecule has 6 heteroatoms. The maximum absolute atomic E-state index is 11.4. The van der Waals surface area contributed by atoms with Crippen LogP contribution in [0.1, 0.15) is 37.7 Å². The monoisotopic (exact) mass is 281 g/mol. The van der Waals surface area contributed by atoms with Gasteiger partial charge >= 0.3 is 0 Å². The second kappa shape index (κ2) is 6.14. The van der Waals surface area contributed by atoms with Crippen LogP contribution in [0.2, 0.25) is 0 Å². The summed E-state index contributed by atoms with van der Waals surface area (Å²) in [5, 5.41) is 5.88. The van der Waals surface area contributed by atoms with Crippen molar-refractivity contribution >= 4 is 23.2 Å². The molecule has 0 aliphatic carbocycles. The van der Waals surface area contributed by atoms with Crippen molar-refractivity contribution in [3.63, 3.8) is 0 Å². The van der Waals surface area contributed by atoms with Gasteiger partial charge in [-0.2, -0.15) is 0 Å². The van der Waals surface area contributed by atoms with E-state index in [1.165, 1.54) is 6.92 Å². The summed E-state index contributed by atoms with van der Waals surface area (Å²) in [6.07, 6.45) is 3.58. The van der Waals surface area contributed by atoms with Crippen LogP contribution in [0.3, 0.4) is 0 Å². The first-order valence-corrected chi connectivity index (χ1v) is 7.38.